The number of hydrogen-bond acceptors (Lipinski definition) is 6. The number of ether oxygens (including phenoxy) is 1. The van der Waals surface area contributed by atoms with Crippen LogP contribution in [0, 0.1) is 5.82 Å². The molecule has 1 aliphatic carbocycles. The zero-order valence-electron chi connectivity index (χ0n) is 19.3. The van der Waals surface area contributed by atoms with E-state index in [0.717, 1.165) is 70.2 Å². The fourth-order valence-corrected chi connectivity index (χ4v) is 5.46. The number of piperidine rings is 1. The summed E-state index contributed by atoms with van der Waals surface area (Å²) in [5.74, 6) is -1.06. The number of amides is 1. The Labute approximate surface area is 199 Å². The van der Waals surface area contributed by atoms with Crippen molar-refractivity contribution >= 4 is 15.9 Å². The Morgan fingerprint density at radius 3 is 2.82 bits per heavy atom. The van der Waals surface area contributed by atoms with Crippen LogP contribution in [-0.2, 0) is 29.7 Å². The number of nitrogens with one attached hydrogen (secondary N) is 2. The molecule has 34 heavy (non-hydrogen) atoms. The highest BCUT2D eigenvalue weighted by Gasteiger charge is 2.31. The van der Waals surface area contributed by atoms with E-state index >= 15 is 0 Å². The number of halogens is 1. The summed E-state index contributed by atoms with van der Waals surface area (Å²) >= 11 is 0. The number of likely N-dealkylation sites (tertiary alicyclic amines) is 1. The second kappa shape index (κ2) is 9.28. The second-order valence-corrected chi connectivity index (χ2v) is 11.4. The van der Waals surface area contributed by atoms with Gasteiger partial charge in [0.15, 0.2) is 0 Å². The van der Waals surface area contributed by atoms with Crippen LogP contribution in [0.1, 0.15) is 64.2 Å². The molecule has 2 heterocycles. The first kappa shape index (κ1) is 23.3. The monoisotopic (exact) mass is 487 g/mol. The maximum atomic E-state index is 14.8. The summed E-state index contributed by atoms with van der Waals surface area (Å²) < 4.78 is 45.9. The highest BCUT2D eigenvalue weighted by atomic mass is 32.2. The van der Waals surface area contributed by atoms with Gasteiger partial charge in [0.05, 0.1) is 11.8 Å². The number of nitrogens with zero attached hydrogens (tertiary/aromatic N) is 1. The topological polar surface area (TPSA) is 87.7 Å². The van der Waals surface area contributed by atoms with Gasteiger partial charge in [0, 0.05) is 32.2 Å². The summed E-state index contributed by atoms with van der Waals surface area (Å²) in [6.45, 7) is 4.43. The molecule has 1 saturated heterocycles. The van der Waals surface area contributed by atoms with E-state index < -0.39 is 21.7 Å². The Bertz CT molecular complexity index is 1210. The van der Waals surface area contributed by atoms with Crippen LogP contribution < -0.4 is 14.8 Å². The predicted molar refractivity (Wildman–Crippen MR) is 127 cm³/mol. The first-order valence-corrected chi connectivity index (χ1v) is 13.7. The summed E-state index contributed by atoms with van der Waals surface area (Å²) in [6.07, 6.45) is 4.56. The van der Waals surface area contributed by atoms with Gasteiger partial charge in [-0.2, -0.15) is 0 Å². The molecule has 2 fully saturated rings. The molecule has 2 aromatic carbocycles. The Kier molecular flexibility index (Phi) is 6.35. The van der Waals surface area contributed by atoms with Crippen molar-refractivity contribution in [3.63, 3.8) is 0 Å². The third-order valence-corrected chi connectivity index (χ3v) is 7.33. The maximum Gasteiger partial charge on any atom is 0.267 e. The average Bonchev–Trinajstić information content (AvgIpc) is 3.49. The maximum absolute atomic E-state index is 14.8. The summed E-state index contributed by atoms with van der Waals surface area (Å²) in [7, 11) is -3.78. The summed E-state index contributed by atoms with van der Waals surface area (Å²) in [6, 6.07) is 9.19. The summed E-state index contributed by atoms with van der Waals surface area (Å²) in [4.78, 5) is 14.7. The number of rotatable bonds is 7. The van der Waals surface area contributed by atoms with Crippen molar-refractivity contribution in [2.45, 2.75) is 57.3 Å². The van der Waals surface area contributed by atoms with Gasteiger partial charge in [-0.1, -0.05) is 18.2 Å². The van der Waals surface area contributed by atoms with E-state index in [1.54, 1.807) is 0 Å². The molecule has 7 nitrogen and oxygen atoms in total. The first-order valence-electron chi connectivity index (χ1n) is 11.8. The van der Waals surface area contributed by atoms with Gasteiger partial charge in [-0.25, -0.2) is 17.5 Å². The molecule has 1 saturated carbocycles. The predicted octanol–water partition coefficient (Wildman–Crippen LogP) is 3.04. The summed E-state index contributed by atoms with van der Waals surface area (Å²) in [5.41, 5.74) is 4.62. The Morgan fingerprint density at radius 2 is 2.06 bits per heavy atom. The quantitative estimate of drug-likeness (QED) is 0.624. The van der Waals surface area contributed by atoms with Crippen LogP contribution in [0.2, 0.25) is 0 Å². The van der Waals surface area contributed by atoms with Crippen molar-refractivity contribution in [3.05, 3.63) is 64.0 Å². The first-order chi connectivity index (χ1) is 16.3. The van der Waals surface area contributed by atoms with Crippen LogP contribution in [0.5, 0.6) is 5.75 Å². The lowest BCUT2D eigenvalue weighted by molar-refractivity contribution is 0.0831. The summed E-state index contributed by atoms with van der Waals surface area (Å²) in [5, 5.41) is 3.42. The number of fused-ring (bicyclic) bond motifs is 1. The molecule has 2 aromatic rings. The average molecular weight is 488 g/mol. The van der Waals surface area contributed by atoms with Crippen molar-refractivity contribution in [1.82, 2.24) is 14.9 Å². The number of sulfonamides is 1. The van der Waals surface area contributed by atoms with E-state index in [2.05, 4.69) is 28.4 Å². The largest absolute Gasteiger partial charge is 0.489 e. The second-order valence-electron chi connectivity index (χ2n) is 9.62. The normalized spacial score (nSPS) is 20.7. The molecule has 0 radical (unpaired) electrons. The lowest BCUT2D eigenvalue weighted by Gasteiger charge is -2.33. The highest BCUT2D eigenvalue weighted by Crippen LogP contribution is 2.45. The van der Waals surface area contributed by atoms with E-state index in [4.69, 9.17) is 4.74 Å². The van der Waals surface area contributed by atoms with Gasteiger partial charge in [-0.15, -0.1) is 0 Å². The van der Waals surface area contributed by atoms with Gasteiger partial charge in [-0.05, 0) is 66.5 Å². The standard InChI is InChI=1S/C25H30FN3O4S/c1-34(31,32)28-25(30)21-10-20(16-7-8-16)24(11-23(21)26)33-19-6-3-9-29(15-19)14-18-5-2-4-17-12-27-13-22(17)18/h2,4-5,10-11,16,19,27H,3,6-9,12-15H2,1H3,(H,28,30)/t19-/m1/s1. The molecule has 5 rings (SSSR count). The fraction of sp³-hybridized carbons (Fsp3) is 0.480. The van der Waals surface area contributed by atoms with Crippen molar-refractivity contribution in [1.29, 1.82) is 0 Å². The van der Waals surface area contributed by atoms with E-state index in [9.17, 15) is 17.6 Å². The molecule has 1 atom stereocenters. The minimum atomic E-state index is -3.78. The zero-order valence-corrected chi connectivity index (χ0v) is 20.1. The molecule has 3 aliphatic rings. The Hall–Kier alpha value is -2.49. The van der Waals surface area contributed by atoms with Gasteiger partial charge in [0.2, 0.25) is 10.0 Å². The number of hydrogen-bond donors (Lipinski definition) is 2. The van der Waals surface area contributed by atoms with E-state index in [0.29, 0.717) is 5.75 Å². The van der Waals surface area contributed by atoms with Crippen LogP contribution in [0.15, 0.2) is 30.3 Å². The molecular weight excluding hydrogens is 457 g/mol. The fourth-order valence-electron chi connectivity index (χ4n) is 5.01. The molecule has 0 unspecified atom stereocenters. The van der Waals surface area contributed by atoms with Crippen LogP contribution >= 0.6 is 0 Å². The SMILES string of the molecule is CS(=O)(=O)NC(=O)c1cc(C2CC2)c(O[C@@H]2CCCN(Cc3cccc4c3CNC4)C2)cc1F. The van der Waals surface area contributed by atoms with Crippen molar-refractivity contribution in [2.24, 2.45) is 0 Å². The van der Waals surface area contributed by atoms with Crippen molar-refractivity contribution < 1.29 is 22.3 Å². The zero-order chi connectivity index (χ0) is 23.9. The van der Waals surface area contributed by atoms with Crippen LogP contribution in [0.3, 0.4) is 0 Å². The molecular formula is C25H30FN3O4S. The van der Waals surface area contributed by atoms with Crippen LogP contribution in [0.25, 0.3) is 0 Å². The van der Waals surface area contributed by atoms with Crippen LogP contribution in [-0.4, -0.2) is 44.7 Å². The van der Waals surface area contributed by atoms with Crippen molar-refractivity contribution in [3.8, 4) is 5.75 Å². The molecule has 1 amide bonds. The van der Waals surface area contributed by atoms with Crippen molar-refractivity contribution in [2.75, 3.05) is 19.3 Å². The minimum absolute atomic E-state index is 0.0729. The van der Waals surface area contributed by atoms with Gasteiger partial charge in [0.1, 0.15) is 17.7 Å². The third-order valence-electron chi connectivity index (χ3n) is 6.78. The van der Waals surface area contributed by atoms with Gasteiger partial charge in [0.25, 0.3) is 5.91 Å². The lowest BCUT2D eigenvalue weighted by Crippen LogP contribution is -2.41. The molecule has 0 bridgehead atoms. The Morgan fingerprint density at radius 1 is 1.24 bits per heavy atom. The third kappa shape index (κ3) is 5.26. The minimum Gasteiger partial charge on any atom is -0.489 e. The molecule has 2 N–H and O–H groups in total. The molecule has 2 aliphatic heterocycles. The van der Waals surface area contributed by atoms with E-state index in [-0.39, 0.29) is 17.6 Å². The molecule has 9 heteroatoms. The smallest absolute Gasteiger partial charge is 0.267 e. The van der Waals surface area contributed by atoms with Gasteiger partial charge in [-0.3, -0.25) is 9.69 Å². The number of carbonyl (C=O) groups excluding carboxylic acids is 1. The number of benzene rings is 2. The highest BCUT2D eigenvalue weighted by molar-refractivity contribution is 7.89. The van der Waals surface area contributed by atoms with Gasteiger partial charge < -0.3 is 10.1 Å². The molecule has 182 valence electrons. The van der Waals surface area contributed by atoms with E-state index in [1.807, 2.05) is 4.72 Å². The number of carbonyl (C=O) groups is 1. The Balaban J connectivity index is 1.31. The van der Waals surface area contributed by atoms with Crippen LogP contribution in [0.4, 0.5) is 4.39 Å². The molecule has 0 aromatic heterocycles. The molecule has 0 spiro atoms. The van der Waals surface area contributed by atoms with E-state index in [1.165, 1.54) is 28.8 Å². The van der Waals surface area contributed by atoms with Gasteiger partial charge >= 0.3 is 0 Å². The lowest BCUT2D eigenvalue weighted by atomic mass is 10.0.